The van der Waals surface area contributed by atoms with E-state index in [9.17, 15) is 0 Å². The second-order valence-corrected chi connectivity index (χ2v) is 9.14. The van der Waals surface area contributed by atoms with Crippen LogP contribution in [-0.2, 0) is 6.54 Å². The summed E-state index contributed by atoms with van der Waals surface area (Å²) in [4.78, 5) is 7.03. The minimum absolute atomic E-state index is 0.535. The van der Waals surface area contributed by atoms with Crippen molar-refractivity contribution >= 4 is 28.9 Å². The molecule has 6 nitrogen and oxygen atoms in total. The number of rotatable bonds is 12. The third-order valence-corrected chi connectivity index (χ3v) is 6.52. The lowest BCUT2D eigenvalue weighted by Crippen LogP contribution is -2.27. The van der Waals surface area contributed by atoms with Crippen LogP contribution in [0.25, 0.3) is 22.5 Å². The van der Waals surface area contributed by atoms with E-state index >= 15 is 0 Å². The highest BCUT2D eigenvalue weighted by atomic mass is 35.5. The number of hydrogen-bond donors (Lipinski definition) is 0. The fraction of sp³-hybridized carbons (Fsp3) is 0.276. The van der Waals surface area contributed by atoms with Gasteiger partial charge in [-0.25, -0.2) is 4.98 Å². The van der Waals surface area contributed by atoms with E-state index in [0.717, 1.165) is 41.3 Å². The van der Waals surface area contributed by atoms with Crippen LogP contribution < -0.4 is 19.1 Å². The van der Waals surface area contributed by atoms with E-state index in [1.54, 1.807) is 21.3 Å². The minimum Gasteiger partial charge on any atom is -0.493 e. The summed E-state index contributed by atoms with van der Waals surface area (Å²) < 4.78 is 18.9. The van der Waals surface area contributed by atoms with Gasteiger partial charge in [-0.15, -0.1) is 23.2 Å². The van der Waals surface area contributed by atoms with Gasteiger partial charge in [-0.2, -0.15) is 0 Å². The first-order valence-corrected chi connectivity index (χ1v) is 13.1. The average Bonchev–Trinajstić information content (AvgIpc) is 3.36. The second kappa shape index (κ2) is 12.7. The smallest absolute Gasteiger partial charge is 0.203 e. The van der Waals surface area contributed by atoms with Crippen LogP contribution in [0.1, 0.15) is 5.56 Å². The minimum atomic E-state index is 0.535. The van der Waals surface area contributed by atoms with Crippen molar-refractivity contribution in [3.8, 4) is 39.8 Å². The first kappa shape index (κ1) is 26.7. The van der Waals surface area contributed by atoms with Crippen molar-refractivity contribution in [2.45, 2.75) is 6.54 Å². The molecular weight excluding hydrogens is 509 g/mol. The van der Waals surface area contributed by atoms with Gasteiger partial charge in [0.25, 0.3) is 0 Å². The monoisotopic (exact) mass is 539 g/mol. The summed E-state index contributed by atoms with van der Waals surface area (Å²) in [5.41, 5.74) is 5.98. The van der Waals surface area contributed by atoms with Crippen LogP contribution in [0.5, 0.6) is 17.2 Å². The number of aromatic nitrogens is 2. The van der Waals surface area contributed by atoms with Crippen LogP contribution in [0.3, 0.4) is 0 Å². The van der Waals surface area contributed by atoms with E-state index in [1.807, 2.05) is 36.7 Å². The fourth-order valence-corrected chi connectivity index (χ4v) is 4.83. The number of methoxy groups -OCH3 is 3. The molecule has 0 radical (unpaired) electrons. The van der Waals surface area contributed by atoms with Gasteiger partial charge < -0.3 is 23.7 Å². The highest BCUT2D eigenvalue weighted by molar-refractivity contribution is 6.18. The summed E-state index contributed by atoms with van der Waals surface area (Å²) in [5, 5.41) is 0. The number of nitrogens with zero attached hydrogens (tertiary/aromatic N) is 3. The van der Waals surface area contributed by atoms with Gasteiger partial charge >= 0.3 is 0 Å². The predicted molar refractivity (Wildman–Crippen MR) is 152 cm³/mol. The molecule has 0 saturated heterocycles. The van der Waals surface area contributed by atoms with Crippen molar-refractivity contribution in [1.82, 2.24) is 9.55 Å². The van der Waals surface area contributed by atoms with Gasteiger partial charge in [0.2, 0.25) is 5.75 Å². The summed E-state index contributed by atoms with van der Waals surface area (Å²) in [6.07, 6.45) is 1.88. The quantitative estimate of drug-likeness (QED) is 0.190. The van der Waals surface area contributed by atoms with Crippen molar-refractivity contribution in [2.24, 2.45) is 0 Å². The number of hydrogen-bond acceptors (Lipinski definition) is 5. The summed E-state index contributed by atoms with van der Waals surface area (Å²) in [6, 6.07) is 22.6. The average molecular weight is 540 g/mol. The molecular formula is C29H31Cl2N3O3. The zero-order valence-electron chi connectivity index (χ0n) is 21.3. The molecule has 37 heavy (non-hydrogen) atoms. The van der Waals surface area contributed by atoms with E-state index < -0.39 is 0 Å². The van der Waals surface area contributed by atoms with Crippen molar-refractivity contribution in [2.75, 3.05) is 51.1 Å². The molecule has 0 unspecified atom stereocenters. The van der Waals surface area contributed by atoms with E-state index in [0.29, 0.717) is 35.6 Å². The molecule has 0 fully saturated rings. The topological polar surface area (TPSA) is 48.8 Å². The highest BCUT2D eigenvalue weighted by Gasteiger charge is 2.20. The zero-order valence-corrected chi connectivity index (χ0v) is 22.8. The summed E-state index contributed by atoms with van der Waals surface area (Å²) >= 11 is 12.1. The Morgan fingerprint density at radius 2 is 1.41 bits per heavy atom. The van der Waals surface area contributed by atoms with Gasteiger partial charge in [-0.1, -0.05) is 42.5 Å². The summed E-state index contributed by atoms with van der Waals surface area (Å²) in [7, 11) is 4.82. The Kier molecular flexibility index (Phi) is 9.20. The maximum atomic E-state index is 6.03. The zero-order chi connectivity index (χ0) is 26.2. The number of anilines is 1. The SMILES string of the molecule is COc1cc(-c2ncn(Cc3ccccc3)c2-c2ccc(N(CCCl)CCCl)cc2)cc(OC)c1OC. The highest BCUT2D eigenvalue weighted by Crippen LogP contribution is 2.43. The van der Waals surface area contributed by atoms with Crippen molar-refractivity contribution in [3.05, 3.63) is 78.6 Å². The standard InChI is InChI=1S/C29H31Cl2N3O3/c1-35-25-17-23(18-26(36-2)29(25)37-3)27-28(34(20-32-27)19-21-7-5-4-6-8-21)22-9-11-24(12-10-22)33(15-13-30)16-14-31/h4-12,17-18,20H,13-16,19H2,1-3H3. The third kappa shape index (κ3) is 5.97. The van der Waals surface area contributed by atoms with Gasteiger partial charge in [0, 0.05) is 48.2 Å². The molecule has 0 N–H and O–H groups in total. The molecule has 4 aromatic rings. The molecule has 0 atom stereocenters. The predicted octanol–water partition coefficient (Wildman–Crippen LogP) is 6.58. The molecule has 0 spiro atoms. The third-order valence-electron chi connectivity index (χ3n) is 6.19. The molecule has 1 heterocycles. The summed E-state index contributed by atoms with van der Waals surface area (Å²) in [5.74, 6) is 2.77. The lowest BCUT2D eigenvalue weighted by molar-refractivity contribution is 0.324. The molecule has 0 saturated carbocycles. The van der Waals surface area contributed by atoms with E-state index in [1.165, 1.54) is 5.56 Å². The maximum absolute atomic E-state index is 6.03. The number of ether oxygens (including phenoxy) is 3. The van der Waals surface area contributed by atoms with Gasteiger partial charge in [0.05, 0.1) is 39.0 Å². The van der Waals surface area contributed by atoms with Crippen LogP contribution in [0, 0.1) is 0 Å². The Bertz CT molecular complexity index is 1260. The van der Waals surface area contributed by atoms with Crippen LogP contribution in [-0.4, -0.2) is 55.7 Å². The number of halogens is 2. The fourth-order valence-electron chi connectivity index (χ4n) is 4.42. The molecule has 1 aromatic heterocycles. The van der Waals surface area contributed by atoms with E-state index in [2.05, 4.69) is 45.9 Å². The van der Waals surface area contributed by atoms with Gasteiger partial charge in [-0.05, 0) is 29.8 Å². The molecule has 0 aliphatic rings. The molecule has 0 aliphatic carbocycles. The maximum Gasteiger partial charge on any atom is 0.203 e. The van der Waals surface area contributed by atoms with E-state index in [4.69, 9.17) is 42.4 Å². The van der Waals surface area contributed by atoms with E-state index in [-0.39, 0.29) is 0 Å². The normalized spacial score (nSPS) is 10.8. The molecule has 0 aliphatic heterocycles. The molecule has 4 rings (SSSR count). The van der Waals surface area contributed by atoms with Crippen molar-refractivity contribution in [3.63, 3.8) is 0 Å². The van der Waals surface area contributed by atoms with Crippen LogP contribution in [0.2, 0.25) is 0 Å². The molecule has 0 bridgehead atoms. The van der Waals surface area contributed by atoms with Crippen LogP contribution in [0.15, 0.2) is 73.1 Å². The van der Waals surface area contributed by atoms with Crippen LogP contribution >= 0.6 is 23.2 Å². The first-order valence-electron chi connectivity index (χ1n) is 12.0. The van der Waals surface area contributed by atoms with Gasteiger partial charge in [-0.3, -0.25) is 0 Å². The Morgan fingerprint density at radius 1 is 0.784 bits per heavy atom. The van der Waals surface area contributed by atoms with Gasteiger partial charge in [0.15, 0.2) is 11.5 Å². The second-order valence-electron chi connectivity index (χ2n) is 8.38. The number of alkyl halides is 2. The lowest BCUT2D eigenvalue weighted by atomic mass is 10.0. The van der Waals surface area contributed by atoms with Gasteiger partial charge in [0.1, 0.15) is 0 Å². The molecule has 8 heteroatoms. The number of imidazole rings is 1. The largest absolute Gasteiger partial charge is 0.493 e. The first-order chi connectivity index (χ1) is 18.1. The summed E-state index contributed by atoms with van der Waals surface area (Å²) in [6.45, 7) is 2.15. The Balaban J connectivity index is 1.83. The van der Waals surface area contributed by atoms with Crippen molar-refractivity contribution < 1.29 is 14.2 Å². The lowest BCUT2D eigenvalue weighted by Gasteiger charge is -2.23. The molecule has 194 valence electrons. The Hall–Kier alpha value is -3.35. The Morgan fingerprint density at radius 3 is 1.95 bits per heavy atom. The molecule has 3 aromatic carbocycles. The van der Waals surface area contributed by atoms with Crippen LogP contribution in [0.4, 0.5) is 5.69 Å². The molecule has 0 amide bonds. The number of benzene rings is 3. The Labute approximate surface area is 228 Å². The van der Waals surface area contributed by atoms with Crippen molar-refractivity contribution in [1.29, 1.82) is 0 Å².